The van der Waals surface area contributed by atoms with Crippen molar-refractivity contribution in [2.24, 2.45) is 0 Å². The average molecular weight is 238 g/mol. The molecule has 0 aromatic rings. The van der Waals surface area contributed by atoms with Crippen molar-refractivity contribution in [1.29, 1.82) is 0 Å². The van der Waals surface area contributed by atoms with Crippen LogP contribution in [0.3, 0.4) is 0 Å². The molecule has 0 fully saturated rings. The van der Waals surface area contributed by atoms with E-state index in [1.165, 1.54) is 12.8 Å². The minimum absolute atomic E-state index is 0.174. The van der Waals surface area contributed by atoms with E-state index in [1.54, 1.807) is 6.92 Å². The van der Waals surface area contributed by atoms with Crippen LogP contribution >= 0.6 is 8.25 Å². The molecule has 0 saturated carbocycles. The summed E-state index contributed by atoms with van der Waals surface area (Å²) in [7, 11) is -3.15. The van der Waals surface area contributed by atoms with Crippen LogP contribution in [0, 0.1) is 0 Å². The summed E-state index contributed by atoms with van der Waals surface area (Å²) in [5.74, 6) is -1.27. The topological polar surface area (TPSA) is 72.8 Å². The smallest absolute Gasteiger partial charge is 0.373 e. The largest absolute Gasteiger partial charge is 0.460 e. The second kappa shape index (κ2) is 11.3. The quantitative estimate of drug-likeness (QED) is 0.344. The monoisotopic (exact) mass is 238 g/mol. The maximum absolute atomic E-state index is 10.6. The van der Waals surface area contributed by atoms with E-state index in [4.69, 9.17) is 4.89 Å². The van der Waals surface area contributed by atoms with Gasteiger partial charge in [-0.25, -0.2) is 9.36 Å². The summed E-state index contributed by atoms with van der Waals surface area (Å²) < 4.78 is 18.5. The molecule has 0 bridgehead atoms. The van der Waals surface area contributed by atoms with Crippen LogP contribution in [-0.2, 0) is 18.6 Å². The van der Waals surface area contributed by atoms with E-state index in [0.29, 0.717) is 0 Å². The molecule has 0 spiro atoms. The molecule has 15 heavy (non-hydrogen) atoms. The summed E-state index contributed by atoms with van der Waals surface area (Å²) in [5.41, 5.74) is 0. The fraction of sp³-hybridized carbons (Fsp3) is 0.667. The Balaban J connectivity index is 0. The van der Waals surface area contributed by atoms with Crippen molar-refractivity contribution < 1.29 is 23.5 Å². The Bertz CT molecular complexity index is 213. The molecule has 0 rings (SSSR count). The second-order valence-electron chi connectivity index (χ2n) is 2.51. The normalized spacial score (nSPS) is 10.7. The van der Waals surface area contributed by atoms with E-state index >= 15 is 0 Å². The predicted octanol–water partition coefficient (Wildman–Crippen LogP) is 2.27. The molecule has 90 valence electrons. The molecule has 0 aromatic carbocycles. The Labute approximate surface area is 91.0 Å². The molecule has 1 atom stereocenters. The number of esters is 1. The third-order valence-electron chi connectivity index (χ3n) is 1.21. The summed E-state index contributed by atoms with van der Waals surface area (Å²) in [5, 5.41) is 0. The zero-order valence-corrected chi connectivity index (χ0v) is 10.4. The average Bonchev–Trinajstić information content (AvgIpc) is 2.17. The molecule has 0 aromatic heterocycles. The van der Waals surface area contributed by atoms with Gasteiger partial charge in [0.05, 0.1) is 6.61 Å². The van der Waals surface area contributed by atoms with Gasteiger partial charge in [0.25, 0.3) is 0 Å². The zero-order chi connectivity index (χ0) is 12.3. The van der Waals surface area contributed by atoms with E-state index in [1.807, 2.05) is 0 Å². The van der Waals surface area contributed by atoms with E-state index in [0.717, 1.165) is 0 Å². The van der Waals surface area contributed by atoms with E-state index < -0.39 is 20.0 Å². The number of ether oxygens (including phenoxy) is 1. The van der Waals surface area contributed by atoms with Crippen molar-refractivity contribution in [2.45, 2.75) is 33.6 Å². The Morgan fingerprint density at radius 2 is 1.80 bits per heavy atom. The van der Waals surface area contributed by atoms with Gasteiger partial charge < -0.3 is 14.2 Å². The number of carbonyl (C=O) groups is 1. The number of unbranched alkanes of at least 4 members (excludes halogenated alkanes) is 1. The van der Waals surface area contributed by atoms with Gasteiger partial charge in [-0.15, -0.1) is 0 Å². The summed E-state index contributed by atoms with van der Waals surface area (Å²) in [6, 6.07) is 0. The molecule has 0 aliphatic heterocycles. The number of carbonyl (C=O) groups excluding carboxylic acids is 1. The molecule has 0 amide bonds. The highest BCUT2D eigenvalue weighted by Crippen LogP contribution is 2.19. The zero-order valence-electron chi connectivity index (χ0n) is 9.41. The lowest BCUT2D eigenvalue weighted by Gasteiger charge is -2.03. The van der Waals surface area contributed by atoms with Crippen LogP contribution in [0.4, 0.5) is 0 Å². The molecule has 0 radical (unpaired) electrons. The fourth-order valence-corrected chi connectivity index (χ4v) is 0.653. The first-order valence-electron chi connectivity index (χ1n) is 4.76. The first-order valence-corrected chi connectivity index (χ1v) is 6.02. The van der Waals surface area contributed by atoms with E-state index in [-0.39, 0.29) is 6.61 Å². The highest BCUT2D eigenvalue weighted by Gasteiger charge is 2.10. The molecule has 1 unspecified atom stereocenters. The molecule has 1 N–H and O–H groups in total. The predicted molar refractivity (Wildman–Crippen MR) is 58.7 cm³/mol. The van der Waals surface area contributed by atoms with Crippen LogP contribution in [0.5, 0.6) is 0 Å². The Morgan fingerprint density at radius 1 is 1.33 bits per heavy atom. The summed E-state index contributed by atoms with van der Waals surface area (Å²) >= 11 is 0. The minimum Gasteiger partial charge on any atom is -0.460 e. The van der Waals surface area contributed by atoms with Gasteiger partial charge >= 0.3 is 14.2 Å². The molecular formula is C9H19O5P. The van der Waals surface area contributed by atoms with Crippen LogP contribution in [0.2, 0.25) is 0 Å². The lowest BCUT2D eigenvalue weighted by molar-refractivity contribution is -0.141. The van der Waals surface area contributed by atoms with Crippen LogP contribution in [0.15, 0.2) is 12.3 Å². The number of hydrogen-bond acceptors (Lipinski definition) is 4. The lowest BCUT2D eigenvalue weighted by Crippen LogP contribution is -2.06. The molecule has 0 aliphatic carbocycles. The Morgan fingerprint density at radius 3 is 2.07 bits per heavy atom. The standard InChI is InChI=1S/C5H9O5P.C4H10/c1-3-9-5(6)4(2)10-11(7)8;1-3-4-2/h11H,2-3H2,1H3,(H,7,8);3-4H2,1-2H3. The first-order chi connectivity index (χ1) is 6.99. The third kappa shape index (κ3) is 13.2. The molecule has 0 aliphatic rings. The number of rotatable bonds is 5. The first kappa shape index (κ1) is 16.6. The maximum Gasteiger partial charge on any atom is 0.373 e. The van der Waals surface area contributed by atoms with Crippen LogP contribution in [0.25, 0.3) is 0 Å². The molecular weight excluding hydrogens is 219 g/mol. The molecule has 0 saturated heterocycles. The Hall–Kier alpha value is -0.800. The van der Waals surface area contributed by atoms with E-state index in [9.17, 15) is 9.36 Å². The molecule has 0 heterocycles. The van der Waals surface area contributed by atoms with Gasteiger partial charge in [-0.1, -0.05) is 26.7 Å². The van der Waals surface area contributed by atoms with Gasteiger partial charge in [-0.3, -0.25) is 0 Å². The van der Waals surface area contributed by atoms with Crippen molar-refractivity contribution in [2.75, 3.05) is 6.61 Å². The lowest BCUT2D eigenvalue weighted by atomic mass is 10.4. The minimum atomic E-state index is -3.15. The fourth-order valence-electron chi connectivity index (χ4n) is 0.359. The van der Waals surface area contributed by atoms with Gasteiger partial charge in [0.15, 0.2) is 0 Å². The second-order valence-corrected chi connectivity index (χ2v) is 3.25. The molecule has 6 heteroatoms. The van der Waals surface area contributed by atoms with Gasteiger partial charge in [-0.2, -0.15) is 0 Å². The SMILES string of the molecule is C=C(O[PH](=O)O)C(=O)OCC.CCCC. The van der Waals surface area contributed by atoms with Crippen molar-refractivity contribution >= 4 is 14.2 Å². The Kier molecular flexibility index (Phi) is 12.5. The van der Waals surface area contributed by atoms with Crippen molar-refractivity contribution in [3.05, 3.63) is 12.3 Å². The van der Waals surface area contributed by atoms with Gasteiger partial charge in [0.1, 0.15) is 0 Å². The highest BCUT2D eigenvalue weighted by molar-refractivity contribution is 7.32. The van der Waals surface area contributed by atoms with Crippen molar-refractivity contribution in [3.63, 3.8) is 0 Å². The van der Waals surface area contributed by atoms with Crippen LogP contribution < -0.4 is 0 Å². The van der Waals surface area contributed by atoms with Gasteiger partial charge in [-0.05, 0) is 13.5 Å². The highest BCUT2D eigenvalue weighted by atomic mass is 31.1. The third-order valence-corrected chi connectivity index (χ3v) is 1.63. The maximum atomic E-state index is 10.6. The summed E-state index contributed by atoms with van der Waals surface area (Å²) in [6.07, 6.45) is 2.64. The van der Waals surface area contributed by atoms with Gasteiger partial charge in [0.2, 0.25) is 5.76 Å². The number of hydrogen-bond donors (Lipinski definition) is 1. The summed E-state index contributed by atoms with van der Waals surface area (Å²) in [6.45, 7) is 9.22. The van der Waals surface area contributed by atoms with Crippen molar-refractivity contribution in [1.82, 2.24) is 0 Å². The van der Waals surface area contributed by atoms with Crippen LogP contribution in [0.1, 0.15) is 33.6 Å². The van der Waals surface area contributed by atoms with E-state index in [2.05, 4.69) is 29.7 Å². The van der Waals surface area contributed by atoms with Crippen LogP contribution in [-0.4, -0.2) is 17.5 Å². The van der Waals surface area contributed by atoms with Crippen molar-refractivity contribution in [3.8, 4) is 0 Å². The summed E-state index contributed by atoms with van der Waals surface area (Å²) in [4.78, 5) is 18.8. The molecule has 5 nitrogen and oxygen atoms in total. The van der Waals surface area contributed by atoms with Gasteiger partial charge in [0, 0.05) is 0 Å².